The Morgan fingerprint density at radius 1 is 1.28 bits per heavy atom. The third-order valence-corrected chi connectivity index (χ3v) is 6.06. The number of carbonyl (C=O) groups is 1. The summed E-state index contributed by atoms with van der Waals surface area (Å²) in [4.78, 5) is 18.7. The Hall–Kier alpha value is -2.95. The minimum atomic E-state index is -4.70. The molecular weight excluding hydrogens is 453 g/mol. The molecule has 2 aromatic carbocycles. The molecular formula is C21H18F5N3O2S. The molecule has 1 fully saturated rings. The SMILES string of the molecule is O=C(c1ccccc1OC(F)(F)C(F)F)N1CC[C@@H](CNc2nc3ccc(F)cc3s2)C1. The molecule has 3 aromatic rings. The van der Waals surface area contributed by atoms with Crippen molar-refractivity contribution in [1.29, 1.82) is 0 Å². The fraction of sp³-hybridized carbons (Fsp3) is 0.333. The van der Waals surface area contributed by atoms with Crippen molar-refractivity contribution in [1.82, 2.24) is 9.88 Å². The average Bonchev–Trinajstić information content (AvgIpc) is 3.38. The van der Waals surface area contributed by atoms with E-state index >= 15 is 0 Å². The molecule has 0 radical (unpaired) electrons. The number of hydrogen-bond acceptors (Lipinski definition) is 5. The normalized spacial score (nSPS) is 16.7. The molecule has 0 bridgehead atoms. The largest absolute Gasteiger partial charge is 0.461 e. The average molecular weight is 471 g/mol. The molecule has 2 heterocycles. The van der Waals surface area contributed by atoms with E-state index < -0.39 is 24.2 Å². The van der Waals surface area contributed by atoms with Gasteiger partial charge in [0.2, 0.25) is 0 Å². The highest BCUT2D eigenvalue weighted by atomic mass is 32.1. The maximum atomic E-state index is 13.3. The summed E-state index contributed by atoms with van der Waals surface area (Å²) in [5, 5.41) is 3.82. The zero-order chi connectivity index (χ0) is 22.9. The molecule has 0 unspecified atom stereocenters. The molecule has 0 saturated carbocycles. The first-order valence-electron chi connectivity index (χ1n) is 9.76. The lowest BCUT2D eigenvalue weighted by Crippen LogP contribution is -2.35. The summed E-state index contributed by atoms with van der Waals surface area (Å²) in [6.07, 6.45) is -8.06. The fourth-order valence-electron chi connectivity index (χ4n) is 3.48. The standard InChI is InChI=1S/C21H18F5N3O2S/c22-13-5-6-15-17(9-13)32-20(28-15)27-10-12-7-8-29(11-12)18(30)14-3-1-2-4-16(14)31-21(25,26)19(23)24/h1-6,9,12,19H,7-8,10-11H2,(H,27,28)/t12-/m0/s1. The molecule has 11 heteroatoms. The first kappa shape index (κ1) is 22.3. The predicted molar refractivity (Wildman–Crippen MR) is 110 cm³/mol. The van der Waals surface area contributed by atoms with Gasteiger partial charge in [0.05, 0.1) is 15.8 Å². The fourth-order valence-corrected chi connectivity index (χ4v) is 4.38. The number of para-hydroxylation sites is 1. The number of alkyl halides is 4. The summed E-state index contributed by atoms with van der Waals surface area (Å²) in [6.45, 7) is 1.24. The number of carbonyl (C=O) groups excluding carboxylic acids is 1. The van der Waals surface area contributed by atoms with Gasteiger partial charge >= 0.3 is 12.5 Å². The molecule has 0 spiro atoms. The highest BCUT2D eigenvalue weighted by Crippen LogP contribution is 2.32. The van der Waals surface area contributed by atoms with Gasteiger partial charge < -0.3 is 15.0 Å². The lowest BCUT2D eigenvalue weighted by Gasteiger charge is -2.21. The van der Waals surface area contributed by atoms with Crippen molar-refractivity contribution in [2.45, 2.75) is 19.0 Å². The van der Waals surface area contributed by atoms with Crippen molar-refractivity contribution < 1.29 is 31.5 Å². The van der Waals surface area contributed by atoms with E-state index in [9.17, 15) is 26.7 Å². The molecule has 1 atom stereocenters. The van der Waals surface area contributed by atoms with Crippen LogP contribution in [0.5, 0.6) is 5.75 Å². The summed E-state index contributed by atoms with van der Waals surface area (Å²) in [5.41, 5.74) is 0.481. The van der Waals surface area contributed by atoms with Gasteiger partial charge in [0, 0.05) is 19.6 Å². The van der Waals surface area contributed by atoms with Crippen molar-refractivity contribution in [2.24, 2.45) is 5.92 Å². The lowest BCUT2D eigenvalue weighted by molar-refractivity contribution is -0.253. The zero-order valence-corrected chi connectivity index (χ0v) is 17.4. The third-order valence-electron chi connectivity index (χ3n) is 5.08. The van der Waals surface area contributed by atoms with Crippen molar-refractivity contribution in [3.8, 4) is 5.75 Å². The predicted octanol–water partition coefficient (Wildman–Crippen LogP) is 5.25. The van der Waals surface area contributed by atoms with Gasteiger partial charge in [0.1, 0.15) is 11.6 Å². The number of thiazole rings is 1. The van der Waals surface area contributed by atoms with Crippen LogP contribution >= 0.6 is 11.3 Å². The van der Waals surface area contributed by atoms with Crippen molar-refractivity contribution in [3.63, 3.8) is 0 Å². The highest BCUT2D eigenvalue weighted by molar-refractivity contribution is 7.22. The Bertz CT molecular complexity index is 1120. The molecule has 1 amide bonds. The van der Waals surface area contributed by atoms with Gasteiger partial charge in [-0.1, -0.05) is 23.5 Å². The summed E-state index contributed by atoms with van der Waals surface area (Å²) < 4.78 is 69.9. The quantitative estimate of drug-likeness (QED) is 0.479. The monoisotopic (exact) mass is 471 g/mol. The molecule has 170 valence electrons. The van der Waals surface area contributed by atoms with Crippen LogP contribution in [0.3, 0.4) is 0 Å². The van der Waals surface area contributed by atoms with Crippen LogP contribution in [0.15, 0.2) is 42.5 Å². The van der Waals surface area contributed by atoms with Crippen LogP contribution in [0.2, 0.25) is 0 Å². The first-order valence-corrected chi connectivity index (χ1v) is 10.6. The van der Waals surface area contributed by atoms with E-state index in [4.69, 9.17) is 0 Å². The van der Waals surface area contributed by atoms with Crippen LogP contribution in [0.25, 0.3) is 10.2 Å². The Kier molecular flexibility index (Phi) is 6.18. The van der Waals surface area contributed by atoms with Crippen LogP contribution in [-0.4, -0.2) is 48.0 Å². The molecule has 4 rings (SSSR count). The second-order valence-corrected chi connectivity index (χ2v) is 8.41. The molecule has 0 aliphatic carbocycles. The van der Waals surface area contributed by atoms with Gasteiger partial charge in [-0.3, -0.25) is 4.79 Å². The minimum Gasteiger partial charge on any atom is -0.427 e. The van der Waals surface area contributed by atoms with E-state index in [0.29, 0.717) is 41.4 Å². The number of aromatic nitrogens is 1. The number of nitrogens with one attached hydrogen (secondary N) is 1. The summed E-state index contributed by atoms with van der Waals surface area (Å²) in [6, 6.07) is 9.45. The van der Waals surface area contributed by atoms with Crippen molar-refractivity contribution in [2.75, 3.05) is 25.0 Å². The number of likely N-dealkylation sites (tertiary alicyclic amines) is 1. The molecule has 1 aliphatic rings. The van der Waals surface area contributed by atoms with E-state index in [1.807, 2.05) is 0 Å². The number of ether oxygens (including phenoxy) is 1. The van der Waals surface area contributed by atoms with Crippen LogP contribution in [0.1, 0.15) is 16.8 Å². The maximum absolute atomic E-state index is 13.3. The lowest BCUT2D eigenvalue weighted by atomic mass is 10.1. The van der Waals surface area contributed by atoms with Crippen LogP contribution < -0.4 is 10.1 Å². The third kappa shape index (κ3) is 4.77. The second-order valence-electron chi connectivity index (χ2n) is 7.38. The van der Waals surface area contributed by atoms with Gasteiger partial charge in [-0.2, -0.15) is 17.6 Å². The Balaban J connectivity index is 1.38. The summed E-state index contributed by atoms with van der Waals surface area (Å²) in [5.74, 6) is -1.43. The van der Waals surface area contributed by atoms with Gasteiger partial charge in [-0.25, -0.2) is 9.37 Å². The van der Waals surface area contributed by atoms with E-state index in [-0.39, 0.29) is 17.3 Å². The molecule has 1 aliphatic heterocycles. The Morgan fingerprint density at radius 2 is 2.06 bits per heavy atom. The number of rotatable bonds is 7. The first-order chi connectivity index (χ1) is 15.2. The van der Waals surface area contributed by atoms with Gasteiger partial charge in [-0.05, 0) is 42.7 Å². The Morgan fingerprint density at radius 3 is 2.84 bits per heavy atom. The van der Waals surface area contributed by atoms with E-state index in [2.05, 4.69) is 15.0 Å². The number of hydrogen-bond donors (Lipinski definition) is 1. The van der Waals surface area contributed by atoms with Crippen molar-refractivity contribution >= 4 is 32.6 Å². The number of halogens is 5. The molecule has 5 nitrogen and oxygen atoms in total. The minimum absolute atomic E-state index is 0.0679. The molecule has 1 aromatic heterocycles. The summed E-state index contributed by atoms with van der Waals surface area (Å²) in [7, 11) is 0. The molecule has 1 N–H and O–H groups in total. The number of benzene rings is 2. The van der Waals surface area contributed by atoms with Crippen LogP contribution in [0, 0.1) is 11.7 Å². The number of nitrogens with zero attached hydrogens (tertiary/aromatic N) is 2. The van der Waals surface area contributed by atoms with Crippen LogP contribution in [-0.2, 0) is 0 Å². The number of fused-ring (bicyclic) bond motifs is 1. The van der Waals surface area contributed by atoms with E-state index in [1.165, 1.54) is 46.6 Å². The second kappa shape index (κ2) is 8.89. The van der Waals surface area contributed by atoms with Crippen molar-refractivity contribution in [3.05, 3.63) is 53.8 Å². The summed E-state index contributed by atoms with van der Waals surface area (Å²) >= 11 is 1.32. The topological polar surface area (TPSA) is 54.5 Å². The highest BCUT2D eigenvalue weighted by Gasteiger charge is 2.44. The van der Waals surface area contributed by atoms with Gasteiger partial charge in [0.15, 0.2) is 5.13 Å². The number of anilines is 1. The van der Waals surface area contributed by atoms with Gasteiger partial charge in [-0.15, -0.1) is 0 Å². The van der Waals surface area contributed by atoms with E-state index in [1.54, 1.807) is 6.07 Å². The van der Waals surface area contributed by atoms with Gasteiger partial charge in [0.25, 0.3) is 5.91 Å². The molecule has 32 heavy (non-hydrogen) atoms. The molecule has 1 saturated heterocycles. The Labute approximate surface area is 183 Å². The van der Waals surface area contributed by atoms with Crippen LogP contribution in [0.4, 0.5) is 27.1 Å². The number of amides is 1. The smallest absolute Gasteiger partial charge is 0.427 e. The zero-order valence-electron chi connectivity index (χ0n) is 16.5. The van der Waals surface area contributed by atoms with E-state index in [0.717, 1.165) is 6.07 Å². The maximum Gasteiger partial charge on any atom is 0.461 e.